The molecule has 12 heteroatoms. The molecule has 0 fully saturated rings. The zero-order valence-electron chi connectivity index (χ0n) is 17.7. The molecular weight excluding hydrogens is 527 g/mol. The van der Waals surface area contributed by atoms with E-state index >= 15 is 0 Å². The number of halogens is 6. The molecule has 6 nitrogen and oxygen atoms in total. The first-order valence-corrected chi connectivity index (χ1v) is 10.7. The number of rotatable bonds is 5. The van der Waals surface area contributed by atoms with Gasteiger partial charge >= 0.3 is 12.1 Å². The monoisotopic (exact) mass is 538 g/mol. The molecule has 184 valence electrons. The molecule has 0 spiro atoms. The summed E-state index contributed by atoms with van der Waals surface area (Å²) in [6, 6.07) is 12.5. The van der Waals surface area contributed by atoms with Crippen LogP contribution >= 0.6 is 23.2 Å². The SMILES string of the molecule is O=C(Oc1ccc(F)cc1)c1ccc(NC2=C(Cl)C(=O)N(c3cc(C(F)(F)F)ccc3Cl)C2=O)cc1. The molecule has 3 aromatic carbocycles. The number of hydrogen-bond donors (Lipinski definition) is 1. The van der Waals surface area contributed by atoms with Crippen LogP contribution < -0.4 is 15.0 Å². The van der Waals surface area contributed by atoms with Crippen molar-refractivity contribution >= 4 is 52.4 Å². The van der Waals surface area contributed by atoms with Gasteiger partial charge in [0, 0.05) is 5.69 Å². The third kappa shape index (κ3) is 5.05. The topological polar surface area (TPSA) is 75.7 Å². The van der Waals surface area contributed by atoms with Crippen LogP contribution in [-0.2, 0) is 15.8 Å². The number of alkyl halides is 3. The van der Waals surface area contributed by atoms with Gasteiger partial charge in [0.1, 0.15) is 22.3 Å². The number of imide groups is 1. The van der Waals surface area contributed by atoms with Crippen molar-refractivity contribution in [3.8, 4) is 5.75 Å². The highest BCUT2D eigenvalue weighted by molar-refractivity contribution is 6.53. The molecule has 1 aliphatic rings. The van der Waals surface area contributed by atoms with Gasteiger partial charge in [-0.1, -0.05) is 23.2 Å². The smallest absolute Gasteiger partial charge is 0.416 e. The van der Waals surface area contributed by atoms with Crippen LogP contribution in [0.4, 0.5) is 28.9 Å². The molecule has 0 saturated carbocycles. The van der Waals surface area contributed by atoms with Gasteiger partial charge in [0.05, 0.1) is 21.8 Å². The van der Waals surface area contributed by atoms with E-state index in [1.165, 1.54) is 36.4 Å². The van der Waals surface area contributed by atoms with Gasteiger partial charge in [0.25, 0.3) is 11.8 Å². The number of benzene rings is 3. The van der Waals surface area contributed by atoms with Crippen LogP contribution in [0, 0.1) is 5.82 Å². The Morgan fingerprint density at radius 2 is 1.53 bits per heavy atom. The Hall–Kier alpha value is -3.89. The van der Waals surface area contributed by atoms with E-state index in [2.05, 4.69) is 5.32 Å². The molecule has 0 aromatic heterocycles. The van der Waals surface area contributed by atoms with Crippen LogP contribution in [0.15, 0.2) is 77.5 Å². The van der Waals surface area contributed by atoms with E-state index in [4.69, 9.17) is 27.9 Å². The van der Waals surface area contributed by atoms with Crippen LogP contribution in [0.3, 0.4) is 0 Å². The predicted molar refractivity (Wildman–Crippen MR) is 123 cm³/mol. The van der Waals surface area contributed by atoms with Crippen molar-refractivity contribution in [3.63, 3.8) is 0 Å². The molecule has 4 rings (SSSR count). The van der Waals surface area contributed by atoms with E-state index < -0.39 is 51.8 Å². The van der Waals surface area contributed by atoms with E-state index in [-0.39, 0.29) is 22.0 Å². The van der Waals surface area contributed by atoms with Gasteiger partial charge in [0.2, 0.25) is 0 Å². The average molecular weight is 539 g/mol. The fourth-order valence-corrected chi connectivity index (χ4v) is 3.61. The lowest BCUT2D eigenvalue weighted by Crippen LogP contribution is -2.32. The van der Waals surface area contributed by atoms with Crippen molar-refractivity contribution in [1.29, 1.82) is 0 Å². The van der Waals surface area contributed by atoms with Crippen LogP contribution in [0.2, 0.25) is 5.02 Å². The van der Waals surface area contributed by atoms with Crippen LogP contribution in [-0.4, -0.2) is 17.8 Å². The lowest BCUT2D eigenvalue weighted by Gasteiger charge is -2.18. The Morgan fingerprint density at radius 1 is 0.889 bits per heavy atom. The Labute approximate surface area is 210 Å². The molecule has 1 N–H and O–H groups in total. The first-order valence-electron chi connectivity index (χ1n) is 9.96. The van der Waals surface area contributed by atoms with Crippen LogP contribution in [0.25, 0.3) is 0 Å². The average Bonchev–Trinajstić information content (AvgIpc) is 3.03. The maximum absolute atomic E-state index is 13.1. The minimum Gasteiger partial charge on any atom is -0.423 e. The largest absolute Gasteiger partial charge is 0.423 e. The number of amides is 2. The van der Waals surface area contributed by atoms with Gasteiger partial charge < -0.3 is 10.1 Å². The van der Waals surface area contributed by atoms with Crippen molar-refractivity contribution in [3.05, 3.63) is 99.4 Å². The van der Waals surface area contributed by atoms with Crippen molar-refractivity contribution in [2.45, 2.75) is 6.18 Å². The molecule has 0 unspecified atom stereocenters. The molecule has 3 aromatic rings. The highest BCUT2D eigenvalue weighted by atomic mass is 35.5. The third-order valence-electron chi connectivity index (χ3n) is 4.96. The Morgan fingerprint density at radius 3 is 2.14 bits per heavy atom. The van der Waals surface area contributed by atoms with Gasteiger partial charge in [-0.2, -0.15) is 13.2 Å². The zero-order valence-corrected chi connectivity index (χ0v) is 19.2. The van der Waals surface area contributed by atoms with E-state index in [0.29, 0.717) is 17.0 Å². The third-order valence-corrected chi connectivity index (χ3v) is 5.63. The molecular formula is C24H12Cl2F4N2O4. The summed E-state index contributed by atoms with van der Waals surface area (Å²) in [6.07, 6.45) is -4.73. The van der Waals surface area contributed by atoms with Gasteiger partial charge in [-0.05, 0) is 66.7 Å². The molecule has 1 aliphatic heterocycles. The van der Waals surface area contributed by atoms with Crippen LogP contribution in [0.1, 0.15) is 15.9 Å². The van der Waals surface area contributed by atoms with E-state index in [9.17, 15) is 31.9 Å². The Balaban J connectivity index is 1.52. The fraction of sp³-hybridized carbons (Fsp3) is 0.0417. The van der Waals surface area contributed by atoms with Crippen molar-refractivity contribution in [2.24, 2.45) is 0 Å². The highest BCUT2D eigenvalue weighted by Crippen LogP contribution is 2.38. The summed E-state index contributed by atoms with van der Waals surface area (Å²) in [5, 5.41) is 1.81. The summed E-state index contributed by atoms with van der Waals surface area (Å²) >= 11 is 12.0. The van der Waals surface area contributed by atoms with Gasteiger partial charge in [-0.3, -0.25) is 9.59 Å². The first kappa shape index (κ1) is 25.2. The lowest BCUT2D eigenvalue weighted by molar-refractivity contribution is -0.137. The number of carbonyl (C=O) groups is 3. The van der Waals surface area contributed by atoms with Crippen molar-refractivity contribution in [1.82, 2.24) is 0 Å². The molecule has 0 radical (unpaired) electrons. The molecule has 1 heterocycles. The molecule has 2 amide bonds. The summed E-state index contributed by atoms with van der Waals surface area (Å²) in [5.41, 5.74) is -1.62. The quantitative estimate of drug-likeness (QED) is 0.182. The van der Waals surface area contributed by atoms with Gasteiger partial charge in [-0.25, -0.2) is 14.1 Å². The second-order valence-electron chi connectivity index (χ2n) is 7.34. The predicted octanol–water partition coefficient (Wildman–Crippen LogP) is 6.15. The summed E-state index contributed by atoms with van der Waals surface area (Å²) in [6.45, 7) is 0. The molecule has 36 heavy (non-hydrogen) atoms. The van der Waals surface area contributed by atoms with Gasteiger partial charge in [-0.15, -0.1) is 0 Å². The maximum atomic E-state index is 13.1. The highest BCUT2D eigenvalue weighted by Gasteiger charge is 2.41. The second kappa shape index (κ2) is 9.63. The summed E-state index contributed by atoms with van der Waals surface area (Å²) < 4.78 is 57.5. The number of ether oxygens (including phenoxy) is 1. The molecule has 0 bridgehead atoms. The molecule has 0 saturated heterocycles. The molecule has 0 aliphatic carbocycles. The summed E-state index contributed by atoms with van der Waals surface area (Å²) in [4.78, 5) is 38.2. The lowest BCUT2D eigenvalue weighted by atomic mass is 10.1. The summed E-state index contributed by atoms with van der Waals surface area (Å²) in [5.74, 6) is -3.19. The Kier molecular flexibility index (Phi) is 6.75. The maximum Gasteiger partial charge on any atom is 0.416 e. The van der Waals surface area contributed by atoms with Gasteiger partial charge in [0.15, 0.2) is 0 Å². The van der Waals surface area contributed by atoms with Crippen molar-refractivity contribution in [2.75, 3.05) is 10.2 Å². The minimum absolute atomic E-state index is 0.121. The Bertz CT molecular complexity index is 1410. The van der Waals surface area contributed by atoms with Crippen molar-refractivity contribution < 1.29 is 36.7 Å². The van der Waals surface area contributed by atoms with Crippen LogP contribution in [0.5, 0.6) is 5.75 Å². The minimum atomic E-state index is -4.73. The number of esters is 1. The standard InChI is InChI=1S/C24H12Cl2F4N2O4/c25-17-10-3-13(24(28,29)30)11-18(17)32-21(33)19(26)20(22(32)34)31-15-6-1-12(2-7-15)23(35)36-16-8-4-14(27)5-9-16/h1-11,31H. The van der Waals surface area contributed by atoms with E-state index in [1.54, 1.807) is 0 Å². The van der Waals surface area contributed by atoms with E-state index in [1.807, 2.05) is 0 Å². The number of carbonyl (C=O) groups excluding carboxylic acids is 3. The fourth-order valence-electron chi connectivity index (χ4n) is 3.19. The van der Waals surface area contributed by atoms with E-state index in [0.717, 1.165) is 18.2 Å². The number of anilines is 2. The summed E-state index contributed by atoms with van der Waals surface area (Å²) in [7, 11) is 0. The zero-order chi connectivity index (χ0) is 26.2. The first-order chi connectivity index (χ1) is 17.0. The normalized spacial score (nSPS) is 13.9. The number of hydrogen-bond acceptors (Lipinski definition) is 5. The molecule has 0 atom stereocenters. The number of nitrogens with one attached hydrogen (secondary N) is 1. The number of nitrogens with zero attached hydrogens (tertiary/aromatic N) is 1. The second-order valence-corrected chi connectivity index (χ2v) is 8.13.